The van der Waals surface area contributed by atoms with Gasteiger partial charge >= 0.3 is 6.09 Å². The summed E-state index contributed by atoms with van der Waals surface area (Å²) in [5, 5.41) is 12.1. The quantitative estimate of drug-likeness (QED) is 0.812. The van der Waals surface area contributed by atoms with E-state index in [2.05, 4.69) is 17.4 Å². The summed E-state index contributed by atoms with van der Waals surface area (Å²) in [6.07, 6.45) is 0.506. The zero-order valence-corrected chi connectivity index (χ0v) is 16.4. The van der Waals surface area contributed by atoms with Crippen molar-refractivity contribution in [2.24, 2.45) is 0 Å². The molecule has 0 bridgehead atoms. The third-order valence-corrected chi connectivity index (χ3v) is 5.51. The van der Waals surface area contributed by atoms with Crippen LogP contribution in [0.3, 0.4) is 0 Å². The van der Waals surface area contributed by atoms with Crippen LogP contribution in [0, 0.1) is 0 Å². The second kappa shape index (κ2) is 7.99. The number of likely N-dealkylation sites (tertiary alicyclic amines) is 1. The van der Waals surface area contributed by atoms with Crippen LogP contribution < -0.4 is 10.1 Å². The Morgan fingerprint density at radius 1 is 1.10 bits per heavy atom. The smallest absolute Gasteiger partial charge is 0.407 e. The van der Waals surface area contributed by atoms with E-state index in [-0.39, 0.29) is 5.91 Å². The number of ether oxygens (including phenoxy) is 1. The minimum atomic E-state index is -0.870. The molecule has 0 aromatic heterocycles. The molecule has 2 aromatic carbocycles. The molecule has 29 heavy (non-hydrogen) atoms. The van der Waals surface area contributed by atoms with E-state index in [1.165, 1.54) is 10.5 Å². The van der Waals surface area contributed by atoms with Gasteiger partial charge in [0.2, 0.25) is 0 Å². The van der Waals surface area contributed by atoms with Crippen LogP contribution in [0.2, 0.25) is 0 Å². The first-order valence-corrected chi connectivity index (χ1v) is 9.92. The summed E-state index contributed by atoms with van der Waals surface area (Å²) in [7, 11) is 0. The second-order valence-electron chi connectivity index (χ2n) is 7.26. The van der Waals surface area contributed by atoms with Crippen molar-refractivity contribution in [1.82, 2.24) is 10.2 Å². The first kappa shape index (κ1) is 19.1. The summed E-state index contributed by atoms with van der Waals surface area (Å²) in [5.41, 5.74) is 6.08. The molecule has 0 aliphatic carbocycles. The normalized spacial score (nSPS) is 15.7. The molecule has 0 saturated carbocycles. The number of carboxylic acid groups (broad SMARTS) is 1. The van der Waals surface area contributed by atoms with Crippen LogP contribution in [-0.2, 0) is 6.61 Å². The summed E-state index contributed by atoms with van der Waals surface area (Å²) in [6.45, 7) is 3.87. The van der Waals surface area contributed by atoms with Gasteiger partial charge in [0, 0.05) is 30.8 Å². The summed E-state index contributed by atoms with van der Waals surface area (Å²) >= 11 is 0. The zero-order chi connectivity index (χ0) is 20.4. The van der Waals surface area contributed by atoms with Gasteiger partial charge in [-0.05, 0) is 54.7 Å². The lowest BCUT2D eigenvalue weighted by Gasteiger charge is -2.28. The Balaban J connectivity index is 1.81. The van der Waals surface area contributed by atoms with Crippen molar-refractivity contribution >= 4 is 17.6 Å². The number of carbonyl (C=O) groups excluding carboxylic acids is 1. The van der Waals surface area contributed by atoms with Crippen molar-refractivity contribution in [2.45, 2.75) is 26.4 Å². The molecule has 0 atom stereocenters. The number of fused-ring (bicyclic) bond motifs is 2. The predicted octanol–water partition coefficient (Wildman–Crippen LogP) is 3.90. The molecular formula is C23H24N2O4. The van der Waals surface area contributed by atoms with Crippen molar-refractivity contribution < 1.29 is 19.4 Å². The zero-order valence-electron chi connectivity index (χ0n) is 16.4. The molecule has 2 aliphatic heterocycles. The number of benzene rings is 2. The van der Waals surface area contributed by atoms with Gasteiger partial charge in [-0.3, -0.25) is 4.79 Å². The van der Waals surface area contributed by atoms with Crippen molar-refractivity contribution in [3.8, 4) is 5.75 Å². The summed E-state index contributed by atoms with van der Waals surface area (Å²) in [4.78, 5) is 25.0. The average molecular weight is 392 g/mol. The maximum Gasteiger partial charge on any atom is 0.407 e. The van der Waals surface area contributed by atoms with Gasteiger partial charge in [-0.15, -0.1) is 0 Å². The maximum atomic E-state index is 12.3. The van der Waals surface area contributed by atoms with Gasteiger partial charge in [-0.2, -0.15) is 0 Å². The Hall–Kier alpha value is -3.28. The molecule has 1 saturated heterocycles. The van der Waals surface area contributed by atoms with Crippen LogP contribution in [-0.4, -0.2) is 41.6 Å². The van der Waals surface area contributed by atoms with Gasteiger partial charge in [0.25, 0.3) is 5.91 Å². The Morgan fingerprint density at radius 2 is 1.86 bits per heavy atom. The Morgan fingerprint density at radius 3 is 2.59 bits per heavy atom. The lowest BCUT2D eigenvalue weighted by molar-refractivity contribution is 0.0955. The molecule has 2 heterocycles. The van der Waals surface area contributed by atoms with Gasteiger partial charge in [-0.1, -0.05) is 29.8 Å². The molecule has 150 valence electrons. The molecule has 2 N–H and O–H groups in total. The molecule has 0 unspecified atom stereocenters. The second-order valence-corrected chi connectivity index (χ2v) is 7.26. The highest BCUT2D eigenvalue weighted by molar-refractivity contribution is 5.96. The van der Waals surface area contributed by atoms with Gasteiger partial charge in [-0.25, -0.2) is 4.79 Å². The van der Waals surface area contributed by atoms with Crippen molar-refractivity contribution in [3.05, 3.63) is 70.3 Å². The van der Waals surface area contributed by atoms with Crippen LogP contribution in [0.1, 0.15) is 46.8 Å². The fourth-order valence-corrected chi connectivity index (χ4v) is 4.04. The highest BCUT2D eigenvalue weighted by Gasteiger charge is 2.26. The minimum Gasteiger partial charge on any atom is -0.488 e. The Bertz CT molecular complexity index is 986. The molecular weight excluding hydrogens is 368 g/mol. The van der Waals surface area contributed by atoms with Crippen LogP contribution in [0.25, 0.3) is 5.57 Å². The van der Waals surface area contributed by atoms with Gasteiger partial charge < -0.3 is 20.1 Å². The van der Waals surface area contributed by atoms with E-state index in [1.54, 1.807) is 6.07 Å². The van der Waals surface area contributed by atoms with Crippen molar-refractivity contribution in [3.63, 3.8) is 0 Å². The first-order valence-electron chi connectivity index (χ1n) is 9.92. The van der Waals surface area contributed by atoms with Gasteiger partial charge in [0.05, 0.1) is 0 Å². The number of carbonyl (C=O) groups is 2. The molecule has 0 spiro atoms. The highest BCUT2D eigenvalue weighted by atomic mass is 16.5. The van der Waals surface area contributed by atoms with E-state index in [4.69, 9.17) is 4.74 Å². The van der Waals surface area contributed by atoms with E-state index in [1.807, 2.05) is 31.2 Å². The molecule has 2 amide bonds. The van der Waals surface area contributed by atoms with Crippen molar-refractivity contribution in [2.75, 3.05) is 19.6 Å². The number of amides is 2. The van der Waals surface area contributed by atoms with E-state index in [9.17, 15) is 14.7 Å². The summed E-state index contributed by atoms with van der Waals surface area (Å²) < 4.78 is 6.11. The van der Waals surface area contributed by atoms with Gasteiger partial charge in [0.1, 0.15) is 12.4 Å². The molecule has 2 aromatic rings. The van der Waals surface area contributed by atoms with Gasteiger partial charge in [0.15, 0.2) is 0 Å². The molecule has 6 heteroatoms. The number of hydrogen-bond acceptors (Lipinski definition) is 3. The van der Waals surface area contributed by atoms with Crippen LogP contribution in [0.4, 0.5) is 4.79 Å². The standard InChI is InChI=1S/C23H24N2O4/c1-2-24-22(26)16-7-8-19-20(13-16)29-14-17-5-3-4-6-18(17)21(19)15-9-11-25(12-10-15)23(27)28/h3-8,13H,2,9-12,14H2,1H3,(H,24,26)(H,27,28). The Kier molecular flexibility index (Phi) is 5.25. The summed E-state index contributed by atoms with van der Waals surface area (Å²) in [5.74, 6) is 0.567. The van der Waals surface area contributed by atoms with E-state index >= 15 is 0 Å². The largest absolute Gasteiger partial charge is 0.488 e. The third kappa shape index (κ3) is 3.70. The van der Waals surface area contributed by atoms with E-state index < -0.39 is 6.09 Å². The number of piperidine rings is 1. The van der Waals surface area contributed by atoms with Crippen LogP contribution >= 0.6 is 0 Å². The first-order chi connectivity index (χ1) is 14.1. The Labute approximate surface area is 169 Å². The van der Waals surface area contributed by atoms with Crippen LogP contribution in [0.15, 0.2) is 48.0 Å². The predicted molar refractivity (Wildman–Crippen MR) is 110 cm³/mol. The van der Waals surface area contributed by atoms with Crippen LogP contribution in [0.5, 0.6) is 5.75 Å². The molecule has 6 nitrogen and oxygen atoms in total. The third-order valence-electron chi connectivity index (χ3n) is 5.51. The average Bonchev–Trinajstić information content (AvgIpc) is 2.90. The lowest BCUT2D eigenvalue weighted by atomic mass is 9.86. The number of hydrogen-bond donors (Lipinski definition) is 2. The number of nitrogens with zero attached hydrogens (tertiary/aromatic N) is 1. The van der Waals surface area contributed by atoms with E-state index in [0.29, 0.717) is 50.4 Å². The fourth-order valence-electron chi connectivity index (χ4n) is 4.04. The molecule has 4 rings (SSSR count). The lowest BCUT2D eigenvalue weighted by Crippen LogP contribution is -2.35. The van der Waals surface area contributed by atoms with E-state index in [0.717, 1.165) is 22.3 Å². The molecule has 2 aliphatic rings. The topological polar surface area (TPSA) is 78.9 Å². The monoisotopic (exact) mass is 392 g/mol. The number of nitrogens with one attached hydrogen (secondary N) is 1. The SMILES string of the molecule is CCNC(=O)c1ccc2c(c1)OCc1ccccc1C2=C1CCN(C(=O)O)CC1. The van der Waals surface area contributed by atoms with Crippen molar-refractivity contribution in [1.29, 1.82) is 0 Å². The summed E-state index contributed by atoms with van der Waals surface area (Å²) in [6, 6.07) is 13.7. The maximum absolute atomic E-state index is 12.3. The highest BCUT2D eigenvalue weighted by Crippen LogP contribution is 2.41. The minimum absolute atomic E-state index is 0.121. The molecule has 1 fully saturated rings. The number of rotatable bonds is 2. The fraction of sp³-hybridized carbons (Fsp3) is 0.304. The molecule has 0 radical (unpaired) electrons.